The van der Waals surface area contributed by atoms with Gasteiger partial charge in [-0.15, -0.1) is 0 Å². The average molecular weight is 387 g/mol. The molecule has 2 aromatic carbocycles. The normalized spacial score (nSPS) is 16.3. The van der Waals surface area contributed by atoms with Gasteiger partial charge in [-0.05, 0) is 50.1 Å². The van der Waals surface area contributed by atoms with E-state index in [9.17, 15) is 4.79 Å². The maximum absolute atomic E-state index is 12.6. The fourth-order valence-electron chi connectivity index (χ4n) is 3.25. The summed E-state index contributed by atoms with van der Waals surface area (Å²) < 4.78 is 10.8. The molecule has 27 heavy (non-hydrogen) atoms. The summed E-state index contributed by atoms with van der Waals surface area (Å²) in [6.07, 6.45) is 2.35. The second-order valence-corrected chi connectivity index (χ2v) is 7.48. The molecule has 0 bridgehead atoms. The molecule has 5 nitrogen and oxygen atoms in total. The lowest BCUT2D eigenvalue weighted by atomic mass is 9.85. The zero-order valence-electron chi connectivity index (χ0n) is 15.9. The molecule has 3 rings (SSSR count). The molecular formula is C21H23ClN2O3. The minimum atomic E-state index is -0.260. The number of methoxy groups -OCH3 is 2. The zero-order valence-corrected chi connectivity index (χ0v) is 16.6. The fraction of sp³-hybridized carbons (Fsp3) is 0.286. The van der Waals surface area contributed by atoms with Crippen molar-refractivity contribution in [3.63, 3.8) is 0 Å². The van der Waals surface area contributed by atoms with Crippen molar-refractivity contribution in [3.8, 4) is 11.5 Å². The zero-order chi connectivity index (χ0) is 19.6. The highest BCUT2D eigenvalue weighted by molar-refractivity contribution is 6.33. The van der Waals surface area contributed by atoms with E-state index >= 15 is 0 Å². The maximum Gasteiger partial charge on any atom is 0.250 e. The molecule has 0 aromatic heterocycles. The van der Waals surface area contributed by atoms with Crippen LogP contribution in [0.15, 0.2) is 42.5 Å². The lowest BCUT2D eigenvalue weighted by Gasteiger charge is -2.36. The fourth-order valence-corrected chi connectivity index (χ4v) is 3.43. The molecule has 0 spiro atoms. The monoisotopic (exact) mass is 386 g/mol. The van der Waals surface area contributed by atoms with Gasteiger partial charge in [-0.2, -0.15) is 0 Å². The molecule has 142 valence electrons. The highest BCUT2D eigenvalue weighted by atomic mass is 35.5. The van der Waals surface area contributed by atoms with Crippen LogP contribution in [0.1, 0.15) is 25.0 Å². The number of rotatable bonds is 4. The van der Waals surface area contributed by atoms with Crippen LogP contribution >= 0.6 is 11.6 Å². The Kier molecular flexibility index (Phi) is 5.33. The van der Waals surface area contributed by atoms with Crippen LogP contribution in [0.5, 0.6) is 11.5 Å². The van der Waals surface area contributed by atoms with Crippen molar-refractivity contribution < 1.29 is 14.3 Å². The Labute approximate surface area is 164 Å². The van der Waals surface area contributed by atoms with Crippen molar-refractivity contribution >= 4 is 28.9 Å². The summed E-state index contributed by atoms with van der Waals surface area (Å²) in [5.41, 5.74) is 3.10. The Morgan fingerprint density at radius 2 is 1.85 bits per heavy atom. The van der Waals surface area contributed by atoms with Crippen LogP contribution in [0, 0.1) is 0 Å². The first-order valence-corrected chi connectivity index (χ1v) is 9.01. The number of hydrogen-bond acceptors (Lipinski definition) is 4. The van der Waals surface area contributed by atoms with Gasteiger partial charge in [0.15, 0.2) is 11.5 Å². The van der Waals surface area contributed by atoms with Crippen LogP contribution in [0.3, 0.4) is 0 Å². The van der Waals surface area contributed by atoms with Crippen molar-refractivity contribution in [2.75, 3.05) is 19.5 Å². The van der Waals surface area contributed by atoms with Gasteiger partial charge in [-0.1, -0.05) is 23.7 Å². The first-order valence-electron chi connectivity index (χ1n) is 8.63. The minimum Gasteiger partial charge on any atom is -0.493 e. The van der Waals surface area contributed by atoms with Crippen molar-refractivity contribution in [1.29, 1.82) is 0 Å². The van der Waals surface area contributed by atoms with Gasteiger partial charge in [-0.3, -0.25) is 4.79 Å². The van der Waals surface area contributed by atoms with E-state index in [1.54, 1.807) is 32.4 Å². The number of halogens is 1. The van der Waals surface area contributed by atoms with Gasteiger partial charge in [0, 0.05) is 22.9 Å². The van der Waals surface area contributed by atoms with E-state index in [0.29, 0.717) is 22.2 Å². The topological polar surface area (TPSA) is 59.6 Å². The molecule has 0 saturated carbocycles. The summed E-state index contributed by atoms with van der Waals surface area (Å²) in [6.45, 7) is 4.18. The summed E-state index contributed by atoms with van der Waals surface area (Å²) in [5.74, 6) is 1.04. The number of amides is 1. The Balaban J connectivity index is 1.99. The Hall–Kier alpha value is -2.66. The molecule has 0 aliphatic carbocycles. The molecule has 1 amide bonds. The molecule has 0 radical (unpaired) electrons. The summed E-state index contributed by atoms with van der Waals surface area (Å²) >= 11 is 6.13. The van der Waals surface area contributed by atoms with Gasteiger partial charge in [0.1, 0.15) is 0 Å². The Bertz CT molecular complexity index is 906. The molecule has 1 aliphatic heterocycles. The van der Waals surface area contributed by atoms with E-state index in [0.717, 1.165) is 23.2 Å². The van der Waals surface area contributed by atoms with Gasteiger partial charge in [0.05, 0.1) is 24.9 Å². The Morgan fingerprint density at radius 1 is 1.19 bits per heavy atom. The van der Waals surface area contributed by atoms with Crippen LogP contribution in [0.25, 0.3) is 5.70 Å². The number of fused-ring (bicyclic) bond motifs is 1. The lowest BCUT2D eigenvalue weighted by Crippen LogP contribution is -2.44. The van der Waals surface area contributed by atoms with E-state index in [1.807, 2.05) is 24.3 Å². The van der Waals surface area contributed by atoms with Crippen LogP contribution in [-0.4, -0.2) is 25.7 Å². The van der Waals surface area contributed by atoms with Gasteiger partial charge < -0.3 is 20.1 Å². The van der Waals surface area contributed by atoms with Crippen molar-refractivity contribution in [1.82, 2.24) is 5.32 Å². The van der Waals surface area contributed by atoms with Gasteiger partial charge in [0.2, 0.25) is 0 Å². The summed E-state index contributed by atoms with van der Waals surface area (Å²) in [4.78, 5) is 12.6. The molecule has 6 heteroatoms. The summed E-state index contributed by atoms with van der Waals surface area (Å²) in [7, 11) is 3.21. The van der Waals surface area contributed by atoms with Gasteiger partial charge in [0.25, 0.3) is 5.91 Å². The van der Waals surface area contributed by atoms with Crippen molar-refractivity contribution in [3.05, 3.63) is 58.6 Å². The molecule has 1 aliphatic rings. The number of para-hydroxylation sites is 1. The van der Waals surface area contributed by atoms with Crippen LogP contribution < -0.4 is 20.1 Å². The van der Waals surface area contributed by atoms with Gasteiger partial charge >= 0.3 is 0 Å². The van der Waals surface area contributed by atoms with Gasteiger partial charge in [-0.25, -0.2) is 0 Å². The molecule has 1 heterocycles. The van der Waals surface area contributed by atoms with E-state index < -0.39 is 0 Å². The SMILES string of the molecule is COc1cc2c(cc1OC)/C(=C\C(=O)Nc1ccccc1Cl)NC(C)(C)C2. The predicted octanol–water partition coefficient (Wildman–Crippen LogP) is 4.26. The molecule has 0 fully saturated rings. The van der Waals surface area contributed by atoms with E-state index in [2.05, 4.69) is 24.5 Å². The average Bonchev–Trinajstić information content (AvgIpc) is 2.61. The smallest absolute Gasteiger partial charge is 0.250 e. The highest BCUT2D eigenvalue weighted by Crippen LogP contribution is 2.38. The second-order valence-electron chi connectivity index (χ2n) is 7.08. The summed E-state index contributed by atoms with van der Waals surface area (Å²) in [6, 6.07) is 11.0. The number of carbonyl (C=O) groups excluding carboxylic acids is 1. The second kappa shape index (κ2) is 7.53. The van der Waals surface area contributed by atoms with E-state index in [4.69, 9.17) is 21.1 Å². The first kappa shape index (κ1) is 19.1. The predicted molar refractivity (Wildman–Crippen MR) is 109 cm³/mol. The van der Waals surface area contributed by atoms with Crippen LogP contribution in [0.4, 0.5) is 5.69 Å². The standard InChI is InChI=1S/C21H23ClN2O3/c1-21(2)12-13-9-18(26-3)19(27-4)10-14(13)17(24-21)11-20(25)23-16-8-6-5-7-15(16)22/h5-11,24H,12H2,1-4H3,(H,23,25)/b17-11+. The largest absolute Gasteiger partial charge is 0.493 e. The van der Waals surface area contributed by atoms with Crippen LogP contribution in [-0.2, 0) is 11.2 Å². The molecular weight excluding hydrogens is 364 g/mol. The van der Waals surface area contributed by atoms with E-state index in [-0.39, 0.29) is 11.4 Å². The third kappa shape index (κ3) is 4.19. The summed E-state index contributed by atoms with van der Waals surface area (Å²) in [5, 5.41) is 6.76. The number of nitrogens with one attached hydrogen (secondary N) is 2. The molecule has 0 unspecified atom stereocenters. The molecule has 2 N–H and O–H groups in total. The Morgan fingerprint density at radius 3 is 2.52 bits per heavy atom. The number of carbonyl (C=O) groups is 1. The molecule has 2 aromatic rings. The third-order valence-electron chi connectivity index (χ3n) is 4.41. The van der Waals surface area contributed by atoms with Crippen molar-refractivity contribution in [2.45, 2.75) is 25.8 Å². The highest BCUT2D eigenvalue weighted by Gasteiger charge is 2.29. The molecule has 0 atom stereocenters. The first-order chi connectivity index (χ1) is 12.8. The maximum atomic E-state index is 12.6. The van der Waals surface area contributed by atoms with Crippen molar-refractivity contribution in [2.24, 2.45) is 0 Å². The quantitative estimate of drug-likeness (QED) is 0.771. The molecule has 0 saturated heterocycles. The number of benzene rings is 2. The van der Waals surface area contributed by atoms with E-state index in [1.165, 1.54) is 0 Å². The number of ether oxygens (including phenoxy) is 2. The minimum absolute atomic E-state index is 0.205. The third-order valence-corrected chi connectivity index (χ3v) is 4.74. The number of anilines is 1. The lowest BCUT2D eigenvalue weighted by molar-refractivity contribution is -0.111. The number of hydrogen-bond donors (Lipinski definition) is 2. The van der Waals surface area contributed by atoms with Crippen LogP contribution in [0.2, 0.25) is 5.02 Å².